The Hall–Kier alpha value is -2.53. The maximum absolute atomic E-state index is 11.1. The van der Waals surface area contributed by atoms with Crippen molar-refractivity contribution < 1.29 is 9.53 Å². The number of anilines is 1. The highest BCUT2D eigenvalue weighted by atomic mass is 35.5. The molecule has 22 heavy (non-hydrogen) atoms. The maximum Gasteiger partial charge on any atom is 0.236 e. The standard InChI is InChI=1S/C16H14ClN3O2/c1-22-10-3-5-13-12(7-10)16(19-8-15(18)21)11-4-2-9(17)6-14(11)20-13/h2-7H,8H2,1H3,(H2,18,21)(H,19,20). The lowest BCUT2D eigenvalue weighted by molar-refractivity contribution is -0.116. The van der Waals surface area contributed by atoms with Crippen molar-refractivity contribution in [2.45, 2.75) is 0 Å². The van der Waals surface area contributed by atoms with Gasteiger partial charge >= 0.3 is 0 Å². The number of benzene rings is 2. The van der Waals surface area contributed by atoms with Crippen LogP contribution < -0.4 is 15.8 Å². The van der Waals surface area contributed by atoms with Crippen molar-refractivity contribution in [1.29, 1.82) is 0 Å². The third-order valence-corrected chi connectivity index (χ3v) is 3.62. The molecule has 2 aromatic carbocycles. The summed E-state index contributed by atoms with van der Waals surface area (Å²) in [5.41, 5.74) is 7.56. The Bertz CT molecular complexity index is 880. The van der Waals surface area contributed by atoms with Crippen molar-refractivity contribution >= 4 is 45.0 Å². The highest BCUT2D eigenvalue weighted by molar-refractivity contribution is 6.31. The van der Waals surface area contributed by atoms with Crippen LogP contribution in [0.2, 0.25) is 5.02 Å². The van der Waals surface area contributed by atoms with E-state index in [0.29, 0.717) is 10.8 Å². The fourth-order valence-electron chi connectivity index (χ4n) is 2.39. The first-order valence-electron chi connectivity index (χ1n) is 6.67. The average Bonchev–Trinajstić information content (AvgIpc) is 2.50. The molecule has 0 fully saturated rings. The molecule has 6 heteroatoms. The Labute approximate surface area is 132 Å². The highest BCUT2D eigenvalue weighted by Gasteiger charge is 2.11. The lowest BCUT2D eigenvalue weighted by Crippen LogP contribution is -2.22. The van der Waals surface area contributed by atoms with Crippen LogP contribution in [0.1, 0.15) is 0 Å². The molecule has 1 amide bonds. The number of pyridine rings is 1. The van der Waals surface area contributed by atoms with Gasteiger partial charge < -0.3 is 15.8 Å². The molecule has 0 aliphatic carbocycles. The van der Waals surface area contributed by atoms with Crippen LogP contribution in [0.25, 0.3) is 21.8 Å². The second-order valence-corrected chi connectivity index (χ2v) is 5.29. The van der Waals surface area contributed by atoms with Crippen molar-refractivity contribution in [3.63, 3.8) is 0 Å². The van der Waals surface area contributed by atoms with Crippen molar-refractivity contribution in [1.82, 2.24) is 4.98 Å². The summed E-state index contributed by atoms with van der Waals surface area (Å²) in [5.74, 6) is 0.278. The minimum atomic E-state index is -0.435. The summed E-state index contributed by atoms with van der Waals surface area (Å²) in [6, 6.07) is 11.0. The summed E-state index contributed by atoms with van der Waals surface area (Å²) in [6.07, 6.45) is 0. The number of carbonyl (C=O) groups is 1. The lowest BCUT2D eigenvalue weighted by atomic mass is 10.1. The molecule has 0 aliphatic heterocycles. The van der Waals surface area contributed by atoms with Crippen molar-refractivity contribution in [3.05, 3.63) is 41.4 Å². The number of methoxy groups -OCH3 is 1. The smallest absolute Gasteiger partial charge is 0.236 e. The van der Waals surface area contributed by atoms with Crippen molar-refractivity contribution in [2.24, 2.45) is 5.73 Å². The summed E-state index contributed by atoms with van der Waals surface area (Å²) in [7, 11) is 1.60. The minimum Gasteiger partial charge on any atom is -0.497 e. The van der Waals surface area contributed by atoms with Gasteiger partial charge in [-0.05, 0) is 36.4 Å². The molecule has 1 aromatic heterocycles. The molecule has 0 radical (unpaired) electrons. The van der Waals surface area contributed by atoms with Crippen LogP contribution in [0.4, 0.5) is 5.69 Å². The zero-order valence-electron chi connectivity index (χ0n) is 11.9. The normalized spacial score (nSPS) is 10.8. The number of fused-ring (bicyclic) bond motifs is 2. The average molecular weight is 316 g/mol. The first kappa shape index (κ1) is 14.4. The predicted molar refractivity (Wildman–Crippen MR) is 88.5 cm³/mol. The monoisotopic (exact) mass is 315 g/mol. The molecule has 112 valence electrons. The number of ether oxygens (including phenoxy) is 1. The molecule has 1 heterocycles. The van der Waals surface area contributed by atoms with Gasteiger partial charge in [0.1, 0.15) is 5.75 Å². The fraction of sp³-hybridized carbons (Fsp3) is 0.125. The van der Waals surface area contributed by atoms with E-state index in [1.807, 2.05) is 24.3 Å². The summed E-state index contributed by atoms with van der Waals surface area (Å²) in [5, 5.41) is 5.42. The van der Waals surface area contributed by atoms with Gasteiger partial charge in [-0.2, -0.15) is 0 Å². The molecule has 3 rings (SSSR count). The van der Waals surface area contributed by atoms with Gasteiger partial charge in [0.05, 0.1) is 30.4 Å². The Morgan fingerprint density at radius 2 is 2.05 bits per heavy atom. The van der Waals surface area contributed by atoms with E-state index in [2.05, 4.69) is 10.3 Å². The van der Waals surface area contributed by atoms with E-state index in [-0.39, 0.29) is 6.54 Å². The van der Waals surface area contributed by atoms with E-state index in [9.17, 15) is 4.79 Å². The van der Waals surface area contributed by atoms with E-state index in [4.69, 9.17) is 22.1 Å². The van der Waals surface area contributed by atoms with Gasteiger partial charge in [-0.15, -0.1) is 0 Å². The Kier molecular flexibility index (Phi) is 3.73. The Morgan fingerprint density at radius 1 is 1.23 bits per heavy atom. The number of amides is 1. The second-order valence-electron chi connectivity index (χ2n) is 4.85. The number of hydrogen-bond donors (Lipinski definition) is 2. The number of nitrogens with one attached hydrogen (secondary N) is 1. The summed E-state index contributed by atoms with van der Waals surface area (Å²) in [4.78, 5) is 15.7. The zero-order valence-corrected chi connectivity index (χ0v) is 12.6. The third-order valence-electron chi connectivity index (χ3n) is 3.38. The first-order valence-corrected chi connectivity index (χ1v) is 7.05. The molecular formula is C16H14ClN3O2. The van der Waals surface area contributed by atoms with Gasteiger partial charge in [-0.3, -0.25) is 4.79 Å². The van der Waals surface area contributed by atoms with Crippen LogP contribution in [0.3, 0.4) is 0 Å². The van der Waals surface area contributed by atoms with Gasteiger partial charge in [-0.25, -0.2) is 4.98 Å². The number of nitrogens with two attached hydrogens (primary N) is 1. The van der Waals surface area contributed by atoms with E-state index in [1.54, 1.807) is 19.2 Å². The Morgan fingerprint density at radius 3 is 2.77 bits per heavy atom. The topological polar surface area (TPSA) is 77.2 Å². The largest absolute Gasteiger partial charge is 0.497 e. The number of primary amides is 1. The Balaban J connectivity index is 2.31. The van der Waals surface area contributed by atoms with Crippen molar-refractivity contribution in [2.75, 3.05) is 19.0 Å². The molecule has 3 N–H and O–H groups in total. The van der Waals surface area contributed by atoms with Gasteiger partial charge in [0.2, 0.25) is 5.91 Å². The van der Waals surface area contributed by atoms with Gasteiger partial charge in [0, 0.05) is 15.8 Å². The van der Waals surface area contributed by atoms with Crippen LogP contribution >= 0.6 is 11.6 Å². The second kappa shape index (κ2) is 5.69. The molecule has 3 aromatic rings. The molecule has 0 spiro atoms. The molecular weight excluding hydrogens is 302 g/mol. The summed E-state index contributed by atoms with van der Waals surface area (Å²) >= 11 is 6.04. The van der Waals surface area contributed by atoms with E-state index in [0.717, 1.165) is 27.5 Å². The molecule has 0 saturated heterocycles. The van der Waals surface area contributed by atoms with Crippen LogP contribution in [-0.2, 0) is 4.79 Å². The zero-order chi connectivity index (χ0) is 15.7. The van der Waals surface area contributed by atoms with Gasteiger partial charge in [0.15, 0.2) is 0 Å². The number of hydrogen-bond acceptors (Lipinski definition) is 4. The molecule has 0 atom stereocenters. The third kappa shape index (κ3) is 2.63. The molecule has 0 bridgehead atoms. The number of carbonyl (C=O) groups excluding carboxylic acids is 1. The SMILES string of the molecule is COc1ccc2nc3cc(Cl)ccc3c(NCC(N)=O)c2c1. The van der Waals surface area contributed by atoms with Crippen molar-refractivity contribution in [3.8, 4) is 5.75 Å². The number of rotatable bonds is 4. The highest BCUT2D eigenvalue weighted by Crippen LogP contribution is 2.33. The van der Waals surface area contributed by atoms with Gasteiger partial charge in [0.25, 0.3) is 0 Å². The van der Waals surface area contributed by atoms with Crippen LogP contribution in [0.5, 0.6) is 5.75 Å². The number of nitrogens with zero attached hydrogens (tertiary/aromatic N) is 1. The maximum atomic E-state index is 11.1. The number of halogens is 1. The molecule has 0 unspecified atom stereocenters. The molecule has 0 aliphatic rings. The van der Waals surface area contributed by atoms with E-state index < -0.39 is 5.91 Å². The van der Waals surface area contributed by atoms with Crippen LogP contribution in [0.15, 0.2) is 36.4 Å². The first-order chi connectivity index (χ1) is 10.6. The summed E-state index contributed by atoms with van der Waals surface area (Å²) in [6.45, 7) is 0.0358. The molecule has 0 saturated carbocycles. The minimum absolute atomic E-state index is 0.0358. The molecule has 5 nitrogen and oxygen atoms in total. The van der Waals surface area contributed by atoms with Crippen LogP contribution in [0, 0.1) is 0 Å². The summed E-state index contributed by atoms with van der Waals surface area (Å²) < 4.78 is 5.27. The van der Waals surface area contributed by atoms with Crippen LogP contribution in [-0.4, -0.2) is 24.5 Å². The predicted octanol–water partition coefficient (Wildman–Crippen LogP) is 2.95. The lowest BCUT2D eigenvalue weighted by Gasteiger charge is -2.13. The number of aromatic nitrogens is 1. The van der Waals surface area contributed by atoms with Gasteiger partial charge in [-0.1, -0.05) is 11.6 Å². The quantitative estimate of drug-likeness (QED) is 0.726. The fourth-order valence-corrected chi connectivity index (χ4v) is 2.56. The van der Waals surface area contributed by atoms with E-state index >= 15 is 0 Å². The van der Waals surface area contributed by atoms with E-state index in [1.165, 1.54) is 0 Å².